The highest BCUT2D eigenvalue weighted by Crippen LogP contribution is 2.24. The van der Waals surface area contributed by atoms with Crippen molar-refractivity contribution in [3.05, 3.63) is 28.8 Å². The SMILES string of the molecule is COC(=O)c1cc(C#N)cc(OC)c1CN. The third kappa shape index (κ3) is 2.12. The fraction of sp³-hybridized carbons (Fsp3) is 0.273. The van der Waals surface area contributed by atoms with Crippen LogP contribution in [0.4, 0.5) is 0 Å². The van der Waals surface area contributed by atoms with Gasteiger partial charge in [-0.1, -0.05) is 0 Å². The van der Waals surface area contributed by atoms with E-state index in [1.54, 1.807) is 0 Å². The molecular formula is C11H12N2O3. The molecule has 0 amide bonds. The molecule has 0 saturated carbocycles. The number of carbonyl (C=O) groups excluding carboxylic acids is 1. The van der Waals surface area contributed by atoms with E-state index in [-0.39, 0.29) is 12.1 Å². The minimum atomic E-state index is -0.532. The normalized spacial score (nSPS) is 9.38. The highest BCUT2D eigenvalue weighted by molar-refractivity contribution is 5.92. The van der Waals surface area contributed by atoms with E-state index in [2.05, 4.69) is 4.74 Å². The van der Waals surface area contributed by atoms with Crippen molar-refractivity contribution >= 4 is 5.97 Å². The molecule has 1 aromatic carbocycles. The first-order valence-electron chi connectivity index (χ1n) is 4.57. The van der Waals surface area contributed by atoms with Crippen LogP contribution in [-0.4, -0.2) is 20.2 Å². The number of ether oxygens (including phenoxy) is 2. The lowest BCUT2D eigenvalue weighted by Crippen LogP contribution is -2.11. The second-order valence-corrected chi connectivity index (χ2v) is 3.01. The molecule has 16 heavy (non-hydrogen) atoms. The molecule has 0 spiro atoms. The molecule has 0 unspecified atom stereocenters. The standard InChI is InChI=1S/C11H12N2O3/c1-15-10-4-7(5-12)3-8(9(10)6-13)11(14)16-2/h3-4H,6,13H2,1-2H3. The number of rotatable bonds is 3. The van der Waals surface area contributed by atoms with E-state index in [4.69, 9.17) is 15.7 Å². The van der Waals surface area contributed by atoms with Crippen LogP contribution in [0.15, 0.2) is 12.1 Å². The number of nitriles is 1. The van der Waals surface area contributed by atoms with Crippen molar-refractivity contribution in [1.29, 1.82) is 5.26 Å². The fourth-order valence-electron chi connectivity index (χ4n) is 1.39. The summed E-state index contributed by atoms with van der Waals surface area (Å²) in [7, 11) is 2.73. The van der Waals surface area contributed by atoms with Crippen molar-refractivity contribution in [2.75, 3.05) is 14.2 Å². The Morgan fingerprint density at radius 1 is 1.50 bits per heavy atom. The molecular weight excluding hydrogens is 208 g/mol. The maximum Gasteiger partial charge on any atom is 0.338 e. The highest BCUT2D eigenvalue weighted by atomic mass is 16.5. The summed E-state index contributed by atoms with van der Waals surface area (Å²) in [4.78, 5) is 11.5. The quantitative estimate of drug-likeness (QED) is 0.762. The summed E-state index contributed by atoms with van der Waals surface area (Å²) in [5.41, 5.74) is 6.67. The molecule has 0 aliphatic rings. The van der Waals surface area contributed by atoms with Gasteiger partial charge >= 0.3 is 5.97 Å². The monoisotopic (exact) mass is 220 g/mol. The Bertz CT molecular complexity index is 449. The van der Waals surface area contributed by atoms with Crippen molar-refractivity contribution in [3.8, 4) is 11.8 Å². The second-order valence-electron chi connectivity index (χ2n) is 3.01. The second kappa shape index (κ2) is 5.14. The zero-order valence-corrected chi connectivity index (χ0v) is 9.11. The lowest BCUT2D eigenvalue weighted by molar-refractivity contribution is 0.0599. The number of nitrogens with zero attached hydrogens (tertiary/aromatic N) is 1. The molecule has 2 N–H and O–H groups in total. The van der Waals surface area contributed by atoms with Gasteiger partial charge in [0, 0.05) is 12.1 Å². The number of nitrogens with two attached hydrogens (primary N) is 1. The number of esters is 1. The number of hydrogen-bond donors (Lipinski definition) is 1. The van der Waals surface area contributed by atoms with Gasteiger partial charge in [0.15, 0.2) is 0 Å². The molecule has 0 aliphatic carbocycles. The van der Waals surface area contributed by atoms with Crippen LogP contribution in [0.5, 0.6) is 5.75 Å². The van der Waals surface area contributed by atoms with E-state index < -0.39 is 5.97 Å². The molecule has 1 aromatic rings. The third-order valence-corrected chi connectivity index (χ3v) is 2.17. The van der Waals surface area contributed by atoms with Crippen LogP contribution in [0.3, 0.4) is 0 Å². The first-order valence-corrected chi connectivity index (χ1v) is 4.57. The molecule has 0 aliphatic heterocycles. The fourth-order valence-corrected chi connectivity index (χ4v) is 1.39. The van der Waals surface area contributed by atoms with Gasteiger partial charge in [0.25, 0.3) is 0 Å². The summed E-state index contributed by atoms with van der Waals surface area (Å²) in [6.07, 6.45) is 0. The minimum Gasteiger partial charge on any atom is -0.496 e. The van der Waals surface area contributed by atoms with Gasteiger partial charge in [0.05, 0.1) is 31.4 Å². The van der Waals surface area contributed by atoms with Crippen LogP contribution < -0.4 is 10.5 Å². The molecule has 5 heteroatoms. The van der Waals surface area contributed by atoms with E-state index in [1.165, 1.54) is 26.4 Å². The average Bonchev–Trinajstić information content (AvgIpc) is 2.35. The molecule has 0 saturated heterocycles. The molecule has 0 radical (unpaired) electrons. The van der Waals surface area contributed by atoms with Crippen LogP contribution >= 0.6 is 0 Å². The van der Waals surface area contributed by atoms with Gasteiger partial charge in [-0.2, -0.15) is 5.26 Å². The average molecular weight is 220 g/mol. The topological polar surface area (TPSA) is 85.3 Å². The summed E-state index contributed by atoms with van der Waals surface area (Å²) in [6, 6.07) is 4.92. The van der Waals surface area contributed by atoms with E-state index in [1.807, 2.05) is 6.07 Å². The van der Waals surface area contributed by atoms with Gasteiger partial charge in [-0.05, 0) is 12.1 Å². The maximum atomic E-state index is 11.5. The summed E-state index contributed by atoms with van der Waals surface area (Å²) in [5, 5.41) is 8.81. The summed E-state index contributed by atoms with van der Waals surface area (Å²) >= 11 is 0. The number of methoxy groups -OCH3 is 2. The lowest BCUT2D eigenvalue weighted by atomic mass is 10.0. The van der Waals surface area contributed by atoms with Crippen LogP contribution in [-0.2, 0) is 11.3 Å². The zero-order chi connectivity index (χ0) is 12.1. The highest BCUT2D eigenvalue weighted by Gasteiger charge is 2.16. The van der Waals surface area contributed by atoms with Gasteiger partial charge in [0.2, 0.25) is 0 Å². The van der Waals surface area contributed by atoms with Crippen molar-refractivity contribution in [3.63, 3.8) is 0 Å². The molecule has 84 valence electrons. The molecule has 1 rings (SSSR count). The Morgan fingerprint density at radius 3 is 2.62 bits per heavy atom. The molecule has 5 nitrogen and oxygen atoms in total. The Morgan fingerprint density at radius 2 is 2.19 bits per heavy atom. The lowest BCUT2D eigenvalue weighted by Gasteiger charge is -2.11. The largest absolute Gasteiger partial charge is 0.496 e. The number of hydrogen-bond acceptors (Lipinski definition) is 5. The van der Waals surface area contributed by atoms with E-state index in [9.17, 15) is 4.79 Å². The maximum absolute atomic E-state index is 11.5. The first kappa shape index (κ1) is 12.0. The Hall–Kier alpha value is -2.06. The summed E-state index contributed by atoms with van der Waals surface area (Å²) in [6.45, 7) is 0.138. The van der Waals surface area contributed by atoms with Crippen molar-refractivity contribution in [2.24, 2.45) is 5.73 Å². The minimum absolute atomic E-state index is 0.138. The van der Waals surface area contributed by atoms with E-state index in [0.29, 0.717) is 16.9 Å². The molecule has 0 bridgehead atoms. The zero-order valence-electron chi connectivity index (χ0n) is 9.11. The van der Waals surface area contributed by atoms with Crippen molar-refractivity contribution < 1.29 is 14.3 Å². The Labute approximate surface area is 93.4 Å². The predicted molar refractivity (Wildman–Crippen MR) is 56.9 cm³/mol. The molecule has 0 aromatic heterocycles. The number of carbonyl (C=O) groups is 1. The third-order valence-electron chi connectivity index (χ3n) is 2.17. The van der Waals surface area contributed by atoms with Crippen LogP contribution in [0.2, 0.25) is 0 Å². The Balaban J connectivity index is 3.44. The van der Waals surface area contributed by atoms with Gasteiger partial charge in [0.1, 0.15) is 5.75 Å². The van der Waals surface area contributed by atoms with Crippen LogP contribution in [0.25, 0.3) is 0 Å². The van der Waals surface area contributed by atoms with E-state index >= 15 is 0 Å². The Kier molecular flexibility index (Phi) is 3.86. The van der Waals surface area contributed by atoms with Gasteiger partial charge in [-0.15, -0.1) is 0 Å². The van der Waals surface area contributed by atoms with E-state index in [0.717, 1.165) is 0 Å². The van der Waals surface area contributed by atoms with Crippen LogP contribution in [0.1, 0.15) is 21.5 Å². The van der Waals surface area contributed by atoms with Crippen molar-refractivity contribution in [1.82, 2.24) is 0 Å². The number of benzene rings is 1. The summed E-state index contributed by atoms with van der Waals surface area (Å²) in [5.74, 6) is -0.113. The van der Waals surface area contributed by atoms with Gasteiger partial charge in [-0.3, -0.25) is 0 Å². The predicted octanol–water partition coefficient (Wildman–Crippen LogP) is 0.812. The molecule has 0 heterocycles. The summed E-state index contributed by atoms with van der Waals surface area (Å²) < 4.78 is 9.69. The van der Waals surface area contributed by atoms with Crippen molar-refractivity contribution in [2.45, 2.75) is 6.54 Å². The van der Waals surface area contributed by atoms with Crippen LogP contribution in [0, 0.1) is 11.3 Å². The van der Waals surface area contributed by atoms with Gasteiger partial charge < -0.3 is 15.2 Å². The van der Waals surface area contributed by atoms with Gasteiger partial charge in [-0.25, -0.2) is 4.79 Å². The first-order chi connectivity index (χ1) is 7.67. The molecule has 0 fully saturated rings. The molecule has 0 atom stereocenters. The smallest absolute Gasteiger partial charge is 0.338 e.